The van der Waals surface area contributed by atoms with Crippen molar-refractivity contribution in [1.82, 2.24) is 15.5 Å². The van der Waals surface area contributed by atoms with Crippen molar-refractivity contribution in [2.75, 3.05) is 0 Å². The number of aryl methyl sites for hydroxylation is 1. The van der Waals surface area contributed by atoms with Crippen LogP contribution >= 0.6 is 0 Å². The first-order chi connectivity index (χ1) is 12.5. The lowest BCUT2D eigenvalue weighted by atomic mass is 9.73. The van der Waals surface area contributed by atoms with Crippen LogP contribution in [0.15, 0.2) is 28.8 Å². The van der Waals surface area contributed by atoms with Gasteiger partial charge in [0.1, 0.15) is 5.54 Å². The highest BCUT2D eigenvalue weighted by atomic mass is 16.5. The van der Waals surface area contributed by atoms with E-state index >= 15 is 0 Å². The number of hydrogen-bond acceptors (Lipinski definition) is 4. The summed E-state index contributed by atoms with van der Waals surface area (Å²) in [7, 11) is 0. The second-order valence-corrected chi connectivity index (χ2v) is 8.25. The highest BCUT2D eigenvalue weighted by Gasteiger charge is 2.42. The molecule has 138 valence electrons. The fraction of sp³-hybridized carbons (Fsp3) is 0.571. The maximum absolute atomic E-state index is 11.8. The van der Waals surface area contributed by atoms with Gasteiger partial charge in [0, 0.05) is 6.92 Å². The van der Waals surface area contributed by atoms with E-state index in [0.717, 1.165) is 44.9 Å². The molecule has 2 aliphatic rings. The Morgan fingerprint density at radius 1 is 1.12 bits per heavy atom. The maximum atomic E-state index is 11.8. The molecular weight excluding hydrogens is 326 g/mol. The summed E-state index contributed by atoms with van der Waals surface area (Å²) in [5.41, 5.74) is 2.18. The van der Waals surface area contributed by atoms with Gasteiger partial charge in [-0.3, -0.25) is 4.79 Å². The molecule has 0 saturated heterocycles. The van der Waals surface area contributed by atoms with Gasteiger partial charge in [-0.1, -0.05) is 55.6 Å². The fourth-order valence-electron chi connectivity index (χ4n) is 4.64. The van der Waals surface area contributed by atoms with E-state index in [9.17, 15) is 4.79 Å². The molecule has 5 heteroatoms. The molecule has 1 atom stereocenters. The fourth-order valence-corrected chi connectivity index (χ4v) is 4.64. The highest BCUT2D eigenvalue weighted by Crippen LogP contribution is 2.40. The number of benzene rings is 1. The van der Waals surface area contributed by atoms with Crippen LogP contribution in [-0.4, -0.2) is 16.0 Å². The molecular formula is C21H27N3O2. The van der Waals surface area contributed by atoms with Gasteiger partial charge in [-0.2, -0.15) is 4.98 Å². The number of nitrogens with zero attached hydrogens (tertiary/aromatic N) is 2. The molecule has 1 aromatic carbocycles. The first-order valence-corrected chi connectivity index (χ1v) is 9.71. The average molecular weight is 353 g/mol. The SMILES string of the molecule is CC(=O)NC1(c2noc(C3(C)CCc4ccccc4C3)n2)CCCCC1. The van der Waals surface area contributed by atoms with Crippen LogP contribution < -0.4 is 5.32 Å². The van der Waals surface area contributed by atoms with Crippen LogP contribution in [0.5, 0.6) is 0 Å². The molecule has 1 unspecified atom stereocenters. The number of hydrogen-bond donors (Lipinski definition) is 1. The number of carbonyl (C=O) groups excluding carboxylic acids is 1. The van der Waals surface area contributed by atoms with Crippen LogP contribution in [-0.2, 0) is 28.6 Å². The van der Waals surface area contributed by atoms with Crippen LogP contribution in [0.1, 0.15) is 75.2 Å². The second-order valence-electron chi connectivity index (χ2n) is 8.25. The summed E-state index contributed by atoms with van der Waals surface area (Å²) in [4.78, 5) is 16.6. The topological polar surface area (TPSA) is 68.0 Å². The quantitative estimate of drug-likeness (QED) is 0.911. The van der Waals surface area contributed by atoms with Crippen molar-refractivity contribution in [1.29, 1.82) is 0 Å². The minimum Gasteiger partial charge on any atom is -0.343 e. The number of rotatable bonds is 3. The predicted octanol–water partition coefficient (Wildman–Crippen LogP) is 3.81. The molecule has 26 heavy (non-hydrogen) atoms. The van der Waals surface area contributed by atoms with Crippen molar-refractivity contribution in [2.45, 2.75) is 76.2 Å². The Bertz CT molecular complexity index is 807. The predicted molar refractivity (Wildman–Crippen MR) is 98.7 cm³/mol. The molecule has 4 rings (SSSR count). The summed E-state index contributed by atoms with van der Waals surface area (Å²) in [6.07, 6.45) is 8.05. The summed E-state index contributed by atoms with van der Waals surface area (Å²) in [6.45, 7) is 3.78. The third kappa shape index (κ3) is 3.04. The highest BCUT2D eigenvalue weighted by molar-refractivity contribution is 5.74. The normalized spacial score (nSPS) is 24.7. The first-order valence-electron chi connectivity index (χ1n) is 9.71. The third-order valence-electron chi connectivity index (χ3n) is 6.14. The molecule has 0 bridgehead atoms. The monoisotopic (exact) mass is 353 g/mol. The molecule has 2 aromatic rings. The lowest BCUT2D eigenvalue weighted by Crippen LogP contribution is -2.47. The molecule has 1 aromatic heterocycles. The van der Waals surface area contributed by atoms with Crippen molar-refractivity contribution < 1.29 is 9.32 Å². The van der Waals surface area contributed by atoms with Gasteiger partial charge in [0.05, 0.1) is 5.41 Å². The summed E-state index contributed by atoms with van der Waals surface area (Å²) in [6, 6.07) is 8.61. The smallest absolute Gasteiger partial charge is 0.233 e. The molecule has 1 heterocycles. The Kier molecular flexibility index (Phi) is 4.33. The lowest BCUT2D eigenvalue weighted by molar-refractivity contribution is -0.121. The molecule has 5 nitrogen and oxygen atoms in total. The van der Waals surface area contributed by atoms with Crippen molar-refractivity contribution >= 4 is 5.91 Å². The zero-order valence-electron chi connectivity index (χ0n) is 15.7. The van der Waals surface area contributed by atoms with E-state index in [1.54, 1.807) is 6.92 Å². The van der Waals surface area contributed by atoms with Gasteiger partial charge in [0.2, 0.25) is 11.8 Å². The van der Waals surface area contributed by atoms with E-state index in [1.165, 1.54) is 17.5 Å². The van der Waals surface area contributed by atoms with Crippen molar-refractivity contribution in [2.24, 2.45) is 0 Å². The molecule has 2 aliphatic carbocycles. The van der Waals surface area contributed by atoms with Gasteiger partial charge < -0.3 is 9.84 Å². The van der Waals surface area contributed by atoms with E-state index < -0.39 is 5.54 Å². The summed E-state index contributed by atoms with van der Waals surface area (Å²) < 4.78 is 5.77. The van der Waals surface area contributed by atoms with E-state index in [0.29, 0.717) is 11.7 Å². The van der Waals surface area contributed by atoms with E-state index in [1.807, 2.05) is 0 Å². The van der Waals surface area contributed by atoms with Gasteiger partial charge in [0.15, 0.2) is 5.82 Å². The van der Waals surface area contributed by atoms with Crippen molar-refractivity contribution in [3.8, 4) is 0 Å². The van der Waals surface area contributed by atoms with Crippen molar-refractivity contribution in [3.63, 3.8) is 0 Å². The molecule has 1 saturated carbocycles. The van der Waals surface area contributed by atoms with Gasteiger partial charge >= 0.3 is 0 Å². The Morgan fingerprint density at radius 3 is 2.58 bits per heavy atom. The summed E-state index contributed by atoms with van der Waals surface area (Å²) >= 11 is 0. The zero-order valence-corrected chi connectivity index (χ0v) is 15.7. The van der Waals surface area contributed by atoms with Crippen LogP contribution in [0, 0.1) is 0 Å². The Morgan fingerprint density at radius 2 is 1.85 bits per heavy atom. The maximum Gasteiger partial charge on any atom is 0.233 e. The zero-order chi connectivity index (χ0) is 18.2. The molecule has 0 spiro atoms. The summed E-state index contributed by atoms with van der Waals surface area (Å²) in [5, 5.41) is 7.47. The first kappa shape index (κ1) is 17.3. The van der Waals surface area contributed by atoms with E-state index in [4.69, 9.17) is 9.51 Å². The van der Waals surface area contributed by atoms with Crippen LogP contribution in [0.4, 0.5) is 0 Å². The van der Waals surface area contributed by atoms with Gasteiger partial charge in [0.25, 0.3) is 0 Å². The minimum absolute atomic E-state index is 0.0314. The number of nitrogens with one attached hydrogen (secondary N) is 1. The molecule has 1 N–H and O–H groups in total. The molecule has 1 amide bonds. The second kappa shape index (κ2) is 6.53. The van der Waals surface area contributed by atoms with Crippen molar-refractivity contribution in [3.05, 3.63) is 47.1 Å². The average Bonchev–Trinajstić information content (AvgIpc) is 3.14. The standard InChI is InChI=1S/C21H27N3O2/c1-15(25)23-21(11-6-3-7-12-21)18-22-19(26-24-18)20(2)13-10-16-8-4-5-9-17(16)14-20/h4-5,8-9H,3,6-7,10-14H2,1-2H3,(H,23,25). The van der Waals surface area contributed by atoms with Gasteiger partial charge in [-0.15, -0.1) is 0 Å². The van der Waals surface area contributed by atoms with Crippen LogP contribution in [0.3, 0.4) is 0 Å². The van der Waals surface area contributed by atoms with Crippen LogP contribution in [0.2, 0.25) is 0 Å². The number of carbonyl (C=O) groups is 1. The Balaban J connectivity index is 1.64. The Labute approximate surface area is 154 Å². The number of fused-ring (bicyclic) bond motifs is 1. The molecule has 0 radical (unpaired) electrons. The largest absolute Gasteiger partial charge is 0.343 e. The number of aromatic nitrogens is 2. The number of amides is 1. The van der Waals surface area contributed by atoms with Crippen LogP contribution in [0.25, 0.3) is 0 Å². The van der Waals surface area contributed by atoms with Gasteiger partial charge in [-0.25, -0.2) is 0 Å². The lowest BCUT2D eigenvalue weighted by Gasteiger charge is -2.35. The van der Waals surface area contributed by atoms with Gasteiger partial charge in [-0.05, 0) is 43.2 Å². The summed E-state index contributed by atoms with van der Waals surface area (Å²) in [5.74, 6) is 1.33. The minimum atomic E-state index is -0.464. The molecule has 1 fully saturated rings. The van der Waals surface area contributed by atoms with E-state index in [2.05, 4.69) is 41.7 Å². The van der Waals surface area contributed by atoms with E-state index in [-0.39, 0.29) is 11.3 Å². The third-order valence-corrected chi connectivity index (χ3v) is 6.14. The Hall–Kier alpha value is -2.17. The molecule has 0 aliphatic heterocycles.